The third-order valence-corrected chi connectivity index (χ3v) is 6.53. The van der Waals surface area contributed by atoms with Crippen molar-refractivity contribution in [3.05, 3.63) is 50.9 Å². The largest absolute Gasteiger partial charge is 0.462 e. The Balaban J connectivity index is 1.59. The summed E-state index contributed by atoms with van der Waals surface area (Å²) < 4.78 is 10.6. The Labute approximate surface area is 173 Å². The fourth-order valence-corrected chi connectivity index (χ4v) is 5.18. The molecule has 6 nitrogen and oxygen atoms in total. The van der Waals surface area contributed by atoms with Gasteiger partial charge in [-0.25, -0.2) is 9.59 Å². The van der Waals surface area contributed by atoms with E-state index in [0.29, 0.717) is 22.5 Å². The monoisotopic (exact) mass is 413 g/mol. The van der Waals surface area contributed by atoms with Gasteiger partial charge in [-0.1, -0.05) is 17.7 Å². The molecule has 0 bridgehead atoms. The molecule has 0 unspecified atom stereocenters. The normalized spacial score (nSPS) is 17.7. The number of hydrogen-bond donors (Lipinski definition) is 1. The van der Waals surface area contributed by atoms with Crippen LogP contribution in [0.3, 0.4) is 0 Å². The number of anilines is 1. The maximum atomic E-state index is 12.9. The molecule has 0 spiro atoms. The van der Waals surface area contributed by atoms with Gasteiger partial charge in [-0.15, -0.1) is 11.3 Å². The summed E-state index contributed by atoms with van der Waals surface area (Å²) in [6.07, 6.45) is 3.17. The van der Waals surface area contributed by atoms with Crippen molar-refractivity contribution in [3.63, 3.8) is 0 Å². The van der Waals surface area contributed by atoms with Crippen LogP contribution in [0.2, 0.25) is 0 Å². The molecule has 7 heteroatoms. The predicted molar refractivity (Wildman–Crippen MR) is 110 cm³/mol. The van der Waals surface area contributed by atoms with Crippen LogP contribution in [-0.2, 0) is 33.5 Å². The van der Waals surface area contributed by atoms with Crippen LogP contribution in [0.25, 0.3) is 0 Å². The molecule has 29 heavy (non-hydrogen) atoms. The Kier molecular flexibility index (Phi) is 5.41. The van der Waals surface area contributed by atoms with Gasteiger partial charge in [-0.05, 0) is 56.7 Å². The van der Waals surface area contributed by atoms with Gasteiger partial charge < -0.3 is 14.8 Å². The zero-order chi connectivity index (χ0) is 20.5. The maximum Gasteiger partial charge on any atom is 0.341 e. The third-order valence-electron chi connectivity index (χ3n) is 5.32. The van der Waals surface area contributed by atoms with Crippen molar-refractivity contribution in [2.45, 2.75) is 52.1 Å². The molecule has 1 amide bonds. The quantitative estimate of drug-likeness (QED) is 0.771. The molecule has 2 heterocycles. The second-order valence-corrected chi connectivity index (χ2v) is 8.49. The molecule has 0 radical (unpaired) electrons. The summed E-state index contributed by atoms with van der Waals surface area (Å²) >= 11 is 1.42. The number of hydrogen-bond acceptors (Lipinski definition) is 6. The number of thiophene rings is 1. The van der Waals surface area contributed by atoms with Gasteiger partial charge in [0.2, 0.25) is 0 Å². The van der Waals surface area contributed by atoms with E-state index < -0.39 is 23.9 Å². The highest BCUT2D eigenvalue weighted by Crippen LogP contribution is 2.39. The first kappa shape index (κ1) is 19.6. The van der Waals surface area contributed by atoms with Crippen LogP contribution >= 0.6 is 11.3 Å². The molecule has 152 valence electrons. The molecule has 1 N–H and O–H groups in total. The highest BCUT2D eigenvalue weighted by molar-refractivity contribution is 7.17. The van der Waals surface area contributed by atoms with Gasteiger partial charge in [-0.3, -0.25) is 4.79 Å². The van der Waals surface area contributed by atoms with Crippen LogP contribution in [0.4, 0.5) is 5.00 Å². The summed E-state index contributed by atoms with van der Waals surface area (Å²) in [5.74, 6) is -1.33. The average Bonchev–Trinajstić information content (AvgIpc) is 3.06. The Morgan fingerprint density at radius 2 is 2.07 bits per heavy atom. The Hall–Kier alpha value is -2.67. The lowest BCUT2D eigenvalue weighted by atomic mass is 9.95. The predicted octanol–water partition coefficient (Wildman–Crippen LogP) is 3.83. The van der Waals surface area contributed by atoms with Gasteiger partial charge in [0.05, 0.1) is 17.7 Å². The minimum absolute atomic E-state index is 0.271. The van der Waals surface area contributed by atoms with Crippen LogP contribution in [0.1, 0.15) is 62.0 Å². The van der Waals surface area contributed by atoms with Crippen molar-refractivity contribution in [2.24, 2.45) is 0 Å². The fourth-order valence-electron chi connectivity index (χ4n) is 3.90. The number of carbonyl (C=O) groups excluding carboxylic acids is 3. The lowest BCUT2D eigenvalue weighted by Crippen LogP contribution is -2.38. The van der Waals surface area contributed by atoms with Gasteiger partial charge >= 0.3 is 11.9 Å². The number of esters is 2. The molecule has 2 aromatic rings. The van der Waals surface area contributed by atoms with Crippen molar-refractivity contribution in [2.75, 3.05) is 11.9 Å². The van der Waals surface area contributed by atoms with Gasteiger partial charge in [0.25, 0.3) is 5.91 Å². The van der Waals surface area contributed by atoms with E-state index in [2.05, 4.69) is 5.32 Å². The van der Waals surface area contributed by atoms with E-state index in [9.17, 15) is 14.4 Å². The van der Waals surface area contributed by atoms with Crippen molar-refractivity contribution >= 4 is 34.2 Å². The van der Waals surface area contributed by atoms with Gasteiger partial charge in [0, 0.05) is 11.3 Å². The summed E-state index contributed by atoms with van der Waals surface area (Å²) in [4.78, 5) is 38.9. The number of rotatable bonds is 4. The number of fused-ring (bicyclic) bond motifs is 2. The Morgan fingerprint density at radius 1 is 1.28 bits per heavy atom. The number of nitrogens with one attached hydrogen (secondary N) is 1. The molecule has 0 fully saturated rings. The molecule has 1 aromatic heterocycles. The number of ether oxygens (including phenoxy) is 2. The van der Waals surface area contributed by atoms with Crippen molar-refractivity contribution in [1.82, 2.24) is 0 Å². The standard InChI is InChI=1S/C22H23NO5S/c1-3-27-22(26)18-14-6-4-5-7-17(14)29-20(18)23-19(24)16-11-13-9-8-12(2)10-15(13)21(25)28-16/h8-10,16H,3-7,11H2,1-2H3,(H,23,24)/t16-/m0/s1. The summed E-state index contributed by atoms with van der Waals surface area (Å²) in [6, 6.07) is 5.55. The number of amides is 1. The van der Waals surface area contributed by atoms with Crippen LogP contribution in [0.5, 0.6) is 0 Å². The minimum Gasteiger partial charge on any atom is -0.462 e. The maximum absolute atomic E-state index is 12.9. The zero-order valence-electron chi connectivity index (χ0n) is 16.5. The van der Waals surface area contributed by atoms with Gasteiger partial charge in [0.1, 0.15) is 5.00 Å². The molecule has 1 aliphatic carbocycles. The Bertz CT molecular complexity index is 993. The molecular formula is C22H23NO5S. The lowest BCUT2D eigenvalue weighted by Gasteiger charge is -2.24. The van der Waals surface area contributed by atoms with E-state index in [1.165, 1.54) is 11.3 Å². The van der Waals surface area contributed by atoms with E-state index in [0.717, 1.165) is 47.3 Å². The number of benzene rings is 1. The van der Waals surface area contributed by atoms with E-state index in [1.807, 2.05) is 19.1 Å². The molecule has 1 atom stereocenters. The smallest absolute Gasteiger partial charge is 0.341 e. The topological polar surface area (TPSA) is 81.7 Å². The molecule has 0 saturated carbocycles. The highest BCUT2D eigenvalue weighted by Gasteiger charge is 2.33. The van der Waals surface area contributed by atoms with E-state index >= 15 is 0 Å². The zero-order valence-corrected chi connectivity index (χ0v) is 17.3. The minimum atomic E-state index is -0.924. The van der Waals surface area contributed by atoms with Gasteiger partial charge in [0.15, 0.2) is 6.10 Å². The third kappa shape index (κ3) is 3.79. The summed E-state index contributed by atoms with van der Waals surface area (Å²) in [6.45, 7) is 3.94. The van der Waals surface area contributed by atoms with Crippen LogP contribution in [0, 0.1) is 6.92 Å². The van der Waals surface area contributed by atoms with Crippen molar-refractivity contribution < 1.29 is 23.9 Å². The lowest BCUT2D eigenvalue weighted by molar-refractivity contribution is -0.125. The SMILES string of the molecule is CCOC(=O)c1c(NC(=O)[C@@H]2Cc3ccc(C)cc3C(=O)O2)sc2c1CCCC2. The average molecular weight is 413 g/mol. The molecule has 1 aliphatic heterocycles. The number of carbonyl (C=O) groups is 3. The first-order valence-corrected chi connectivity index (χ1v) is 10.7. The molecular weight excluding hydrogens is 390 g/mol. The van der Waals surface area contributed by atoms with Crippen molar-refractivity contribution in [3.8, 4) is 0 Å². The fraction of sp³-hybridized carbons (Fsp3) is 0.409. The van der Waals surface area contributed by atoms with Crippen LogP contribution in [0.15, 0.2) is 18.2 Å². The Morgan fingerprint density at radius 3 is 2.86 bits per heavy atom. The first-order chi connectivity index (χ1) is 14.0. The van der Waals surface area contributed by atoms with Crippen LogP contribution in [-0.4, -0.2) is 30.6 Å². The molecule has 2 aliphatic rings. The molecule has 4 rings (SSSR count). The van der Waals surface area contributed by atoms with E-state index in [4.69, 9.17) is 9.47 Å². The van der Waals surface area contributed by atoms with Crippen LogP contribution < -0.4 is 5.32 Å². The molecule has 0 saturated heterocycles. The summed E-state index contributed by atoms with van der Waals surface area (Å²) in [7, 11) is 0. The summed E-state index contributed by atoms with van der Waals surface area (Å²) in [5.41, 5.74) is 3.71. The second kappa shape index (κ2) is 7.99. The summed E-state index contributed by atoms with van der Waals surface area (Å²) in [5, 5.41) is 3.33. The van der Waals surface area contributed by atoms with E-state index in [-0.39, 0.29) is 6.61 Å². The van der Waals surface area contributed by atoms with Gasteiger partial charge in [-0.2, -0.15) is 0 Å². The second-order valence-electron chi connectivity index (χ2n) is 7.38. The molecule has 1 aromatic carbocycles. The highest BCUT2D eigenvalue weighted by atomic mass is 32.1. The number of aryl methyl sites for hydroxylation is 2. The van der Waals surface area contributed by atoms with Crippen molar-refractivity contribution in [1.29, 1.82) is 0 Å². The number of cyclic esters (lactones) is 1. The first-order valence-electron chi connectivity index (χ1n) is 9.91. The van der Waals surface area contributed by atoms with E-state index in [1.54, 1.807) is 13.0 Å².